The first-order valence-corrected chi connectivity index (χ1v) is 7.94. The van der Waals surface area contributed by atoms with Gasteiger partial charge in [0.05, 0.1) is 0 Å². The fourth-order valence-corrected chi connectivity index (χ4v) is 2.19. The summed E-state index contributed by atoms with van der Waals surface area (Å²) in [4.78, 5) is 20.8. The van der Waals surface area contributed by atoms with Gasteiger partial charge in [0.2, 0.25) is 0 Å². The molecule has 0 bridgehead atoms. The normalized spacial score (nSPS) is 10.7. The third kappa shape index (κ3) is 5.21. The smallest absolute Gasteiger partial charge is 0.270 e. The van der Waals surface area contributed by atoms with Crippen molar-refractivity contribution in [1.29, 1.82) is 0 Å². The van der Waals surface area contributed by atoms with Gasteiger partial charge in [0.15, 0.2) is 0 Å². The largest absolute Gasteiger partial charge is 0.370 e. The van der Waals surface area contributed by atoms with Crippen molar-refractivity contribution in [2.45, 2.75) is 27.3 Å². The van der Waals surface area contributed by atoms with Crippen LogP contribution in [0.4, 0.5) is 5.82 Å². The van der Waals surface area contributed by atoms with Gasteiger partial charge in [-0.15, -0.1) is 0 Å². The number of benzene rings is 1. The van der Waals surface area contributed by atoms with Crippen LogP contribution in [0.15, 0.2) is 30.3 Å². The summed E-state index contributed by atoms with van der Waals surface area (Å²) >= 11 is 6.09. The van der Waals surface area contributed by atoms with Crippen LogP contribution in [0.25, 0.3) is 0 Å². The highest BCUT2D eigenvalue weighted by Crippen LogP contribution is 2.14. The average Bonchev–Trinajstić information content (AvgIpc) is 2.51. The molecular formula is C17H21ClN4O. The van der Waals surface area contributed by atoms with Crippen LogP contribution in [0.1, 0.15) is 35.7 Å². The lowest BCUT2D eigenvalue weighted by Crippen LogP contribution is -2.24. The SMILES string of the molecule is Cc1nc(NCC(C)C)cc(C(=O)NCc2ccccc2Cl)n1. The quantitative estimate of drug-likeness (QED) is 0.850. The molecule has 0 fully saturated rings. The van der Waals surface area contributed by atoms with Crippen molar-refractivity contribution in [1.82, 2.24) is 15.3 Å². The van der Waals surface area contributed by atoms with Gasteiger partial charge in [-0.3, -0.25) is 4.79 Å². The van der Waals surface area contributed by atoms with Crippen LogP contribution in [0.5, 0.6) is 0 Å². The van der Waals surface area contributed by atoms with E-state index >= 15 is 0 Å². The molecule has 2 N–H and O–H groups in total. The second kappa shape index (κ2) is 7.92. The summed E-state index contributed by atoms with van der Waals surface area (Å²) in [6.45, 7) is 7.13. The number of aromatic nitrogens is 2. The van der Waals surface area contributed by atoms with Crippen molar-refractivity contribution >= 4 is 23.3 Å². The van der Waals surface area contributed by atoms with E-state index in [1.807, 2.05) is 18.2 Å². The highest BCUT2D eigenvalue weighted by Gasteiger charge is 2.11. The molecule has 1 aromatic heterocycles. The first kappa shape index (κ1) is 17.2. The van der Waals surface area contributed by atoms with Crippen molar-refractivity contribution in [2.24, 2.45) is 5.92 Å². The maximum absolute atomic E-state index is 12.3. The molecule has 0 atom stereocenters. The molecule has 0 saturated heterocycles. The molecular weight excluding hydrogens is 312 g/mol. The Balaban J connectivity index is 2.05. The van der Waals surface area contributed by atoms with Crippen LogP contribution in [-0.4, -0.2) is 22.4 Å². The molecule has 122 valence electrons. The monoisotopic (exact) mass is 332 g/mol. The topological polar surface area (TPSA) is 66.9 Å². The van der Waals surface area contributed by atoms with E-state index in [4.69, 9.17) is 11.6 Å². The van der Waals surface area contributed by atoms with Crippen LogP contribution in [0.3, 0.4) is 0 Å². The van der Waals surface area contributed by atoms with E-state index in [0.717, 1.165) is 12.1 Å². The molecule has 0 unspecified atom stereocenters. The maximum Gasteiger partial charge on any atom is 0.270 e. The molecule has 0 spiro atoms. The van der Waals surface area contributed by atoms with Gasteiger partial charge in [-0.1, -0.05) is 43.6 Å². The zero-order chi connectivity index (χ0) is 16.8. The van der Waals surface area contributed by atoms with Gasteiger partial charge in [0.1, 0.15) is 17.3 Å². The van der Waals surface area contributed by atoms with Crippen molar-refractivity contribution in [3.05, 3.63) is 52.4 Å². The first-order valence-electron chi connectivity index (χ1n) is 7.57. The van der Waals surface area contributed by atoms with E-state index < -0.39 is 0 Å². The highest BCUT2D eigenvalue weighted by atomic mass is 35.5. The number of nitrogens with zero attached hydrogens (tertiary/aromatic N) is 2. The molecule has 1 aromatic carbocycles. The number of carbonyl (C=O) groups excluding carboxylic acids is 1. The zero-order valence-corrected chi connectivity index (χ0v) is 14.3. The lowest BCUT2D eigenvalue weighted by Gasteiger charge is -2.11. The highest BCUT2D eigenvalue weighted by molar-refractivity contribution is 6.31. The maximum atomic E-state index is 12.3. The van der Waals surface area contributed by atoms with Crippen LogP contribution < -0.4 is 10.6 Å². The fraction of sp³-hybridized carbons (Fsp3) is 0.353. The lowest BCUT2D eigenvalue weighted by atomic mass is 10.2. The minimum atomic E-state index is -0.247. The fourth-order valence-electron chi connectivity index (χ4n) is 1.99. The number of anilines is 1. The van der Waals surface area contributed by atoms with Gasteiger partial charge >= 0.3 is 0 Å². The van der Waals surface area contributed by atoms with E-state index in [0.29, 0.717) is 34.8 Å². The Kier molecular flexibility index (Phi) is 5.93. The second-order valence-corrected chi connectivity index (χ2v) is 6.14. The summed E-state index contributed by atoms with van der Waals surface area (Å²) in [5.41, 5.74) is 1.21. The molecule has 6 heteroatoms. The Bertz CT molecular complexity index is 688. The summed E-state index contributed by atoms with van der Waals surface area (Å²) in [5, 5.41) is 6.68. The Labute approximate surface area is 141 Å². The van der Waals surface area contributed by atoms with Crippen molar-refractivity contribution in [3.8, 4) is 0 Å². The molecule has 1 amide bonds. The minimum Gasteiger partial charge on any atom is -0.370 e. The molecule has 2 aromatic rings. The molecule has 1 heterocycles. The predicted molar refractivity (Wildman–Crippen MR) is 92.7 cm³/mol. The Morgan fingerprint density at radius 1 is 1.26 bits per heavy atom. The second-order valence-electron chi connectivity index (χ2n) is 5.73. The van der Waals surface area contributed by atoms with Crippen LogP contribution >= 0.6 is 11.6 Å². The number of aryl methyl sites for hydroxylation is 1. The van der Waals surface area contributed by atoms with Gasteiger partial charge in [0.25, 0.3) is 5.91 Å². The van der Waals surface area contributed by atoms with Gasteiger partial charge in [-0.25, -0.2) is 9.97 Å². The number of rotatable bonds is 6. The third-order valence-corrected chi connectivity index (χ3v) is 3.53. The molecule has 0 radical (unpaired) electrons. The molecule has 0 saturated carbocycles. The number of hydrogen-bond donors (Lipinski definition) is 2. The third-order valence-electron chi connectivity index (χ3n) is 3.16. The molecule has 5 nitrogen and oxygen atoms in total. The Morgan fingerprint density at radius 2 is 2.00 bits per heavy atom. The van der Waals surface area contributed by atoms with Crippen molar-refractivity contribution in [3.63, 3.8) is 0 Å². The van der Waals surface area contributed by atoms with Gasteiger partial charge < -0.3 is 10.6 Å². The van der Waals surface area contributed by atoms with E-state index in [1.165, 1.54) is 0 Å². The van der Waals surface area contributed by atoms with Crippen LogP contribution in [0, 0.1) is 12.8 Å². The van der Waals surface area contributed by atoms with Gasteiger partial charge in [0, 0.05) is 24.2 Å². The molecule has 0 aliphatic carbocycles. The van der Waals surface area contributed by atoms with Gasteiger partial charge in [-0.2, -0.15) is 0 Å². The van der Waals surface area contributed by atoms with Crippen LogP contribution in [0.2, 0.25) is 5.02 Å². The standard InChI is InChI=1S/C17H21ClN4O/c1-11(2)9-19-16-8-15(21-12(3)22-16)17(23)20-10-13-6-4-5-7-14(13)18/h4-8,11H,9-10H2,1-3H3,(H,20,23)(H,19,21,22). The number of halogens is 1. The van der Waals surface area contributed by atoms with Crippen molar-refractivity contribution in [2.75, 3.05) is 11.9 Å². The predicted octanol–water partition coefficient (Wildman–Crippen LogP) is 3.44. The van der Waals surface area contributed by atoms with Crippen LogP contribution in [-0.2, 0) is 6.54 Å². The summed E-state index contributed by atoms with van der Waals surface area (Å²) in [7, 11) is 0. The Morgan fingerprint density at radius 3 is 2.70 bits per heavy atom. The number of hydrogen-bond acceptors (Lipinski definition) is 4. The summed E-state index contributed by atoms with van der Waals surface area (Å²) in [6, 6.07) is 9.08. The summed E-state index contributed by atoms with van der Waals surface area (Å²) in [5.74, 6) is 1.46. The van der Waals surface area contributed by atoms with E-state index in [2.05, 4.69) is 34.4 Å². The molecule has 2 rings (SSSR count). The number of nitrogens with one attached hydrogen (secondary N) is 2. The summed E-state index contributed by atoms with van der Waals surface area (Å²) < 4.78 is 0. The lowest BCUT2D eigenvalue weighted by molar-refractivity contribution is 0.0945. The van der Waals surface area contributed by atoms with E-state index in [-0.39, 0.29) is 5.91 Å². The summed E-state index contributed by atoms with van der Waals surface area (Å²) in [6.07, 6.45) is 0. The minimum absolute atomic E-state index is 0.247. The first-order chi connectivity index (χ1) is 11.0. The molecule has 0 aliphatic heterocycles. The molecule has 23 heavy (non-hydrogen) atoms. The Hall–Kier alpha value is -2.14. The number of amides is 1. The van der Waals surface area contributed by atoms with E-state index in [1.54, 1.807) is 19.1 Å². The number of carbonyl (C=O) groups is 1. The van der Waals surface area contributed by atoms with Gasteiger partial charge in [-0.05, 0) is 24.5 Å². The zero-order valence-electron chi connectivity index (χ0n) is 13.6. The van der Waals surface area contributed by atoms with E-state index in [9.17, 15) is 4.79 Å². The molecule has 0 aliphatic rings. The average molecular weight is 333 g/mol. The van der Waals surface area contributed by atoms with Crippen molar-refractivity contribution < 1.29 is 4.79 Å².